The molecule has 100 valence electrons. The van der Waals surface area contributed by atoms with Crippen LogP contribution in [-0.4, -0.2) is 27.9 Å². The van der Waals surface area contributed by atoms with Crippen LogP contribution in [-0.2, 0) is 0 Å². The van der Waals surface area contributed by atoms with Crippen molar-refractivity contribution in [3.05, 3.63) is 34.9 Å². The molecule has 3 rings (SSSR count). The molecule has 5 heteroatoms. The molecule has 1 aliphatic rings. The van der Waals surface area contributed by atoms with Gasteiger partial charge in [0.25, 0.3) is 0 Å². The first-order valence-corrected chi connectivity index (χ1v) is 7.16. The quantitative estimate of drug-likeness (QED) is 0.854. The van der Waals surface area contributed by atoms with E-state index < -0.39 is 0 Å². The molecule has 0 aliphatic carbocycles. The lowest BCUT2D eigenvalue weighted by molar-refractivity contribution is 0.578. The molecule has 0 amide bonds. The maximum atomic E-state index is 5.25. The lowest BCUT2D eigenvalue weighted by atomic mass is 10.1. The minimum absolute atomic E-state index is 0.642. The van der Waals surface area contributed by atoms with Gasteiger partial charge in [-0.05, 0) is 62.7 Å². The fraction of sp³-hybridized carbons (Fsp3) is 0.429. The highest BCUT2D eigenvalue weighted by molar-refractivity contribution is 7.71. The number of nitrogens with one attached hydrogen (secondary N) is 1. The summed E-state index contributed by atoms with van der Waals surface area (Å²) in [7, 11) is 0. The molecule has 0 atom stereocenters. The molecule has 1 aromatic heterocycles. The molecular formula is C14H18N4S. The van der Waals surface area contributed by atoms with Crippen LogP contribution in [0.2, 0.25) is 0 Å². The summed E-state index contributed by atoms with van der Waals surface area (Å²) in [6, 6.07) is 8.58. The summed E-state index contributed by atoms with van der Waals surface area (Å²) in [5.74, 6) is 0.885. The third-order valence-corrected chi connectivity index (χ3v) is 3.94. The van der Waals surface area contributed by atoms with Crippen LogP contribution in [0, 0.1) is 11.7 Å². The number of aryl methyl sites for hydroxylation is 1. The molecule has 1 saturated heterocycles. The van der Waals surface area contributed by atoms with E-state index in [0.29, 0.717) is 4.77 Å². The van der Waals surface area contributed by atoms with E-state index in [0.717, 1.165) is 11.5 Å². The zero-order chi connectivity index (χ0) is 13.2. The number of hydrogen-bond donors (Lipinski definition) is 1. The highest BCUT2D eigenvalue weighted by atomic mass is 32.1. The second kappa shape index (κ2) is 5.17. The summed E-state index contributed by atoms with van der Waals surface area (Å²) in [6.07, 6.45) is 3.96. The summed E-state index contributed by atoms with van der Waals surface area (Å²) >= 11 is 5.25. The molecule has 1 fully saturated rings. The van der Waals surface area contributed by atoms with Crippen molar-refractivity contribution in [2.24, 2.45) is 0 Å². The third-order valence-electron chi connectivity index (χ3n) is 3.67. The van der Waals surface area contributed by atoms with Crippen molar-refractivity contribution >= 4 is 17.9 Å². The summed E-state index contributed by atoms with van der Waals surface area (Å²) in [5.41, 5.74) is 2.37. The van der Waals surface area contributed by atoms with E-state index >= 15 is 0 Å². The van der Waals surface area contributed by atoms with Crippen molar-refractivity contribution in [3.63, 3.8) is 0 Å². The standard InChI is InChI=1S/C14H18N4S/c1-11-15-16-14(19)18(11)13-7-5-12(6-8-13)17-9-3-2-4-10-17/h5-8H,2-4,9-10H2,1H3,(H,16,19). The van der Waals surface area contributed by atoms with Crippen LogP contribution in [0.15, 0.2) is 24.3 Å². The van der Waals surface area contributed by atoms with Gasteiger partial charge in [0.2, 0.25) is 0 Å². The Morgan fingerprint density at radius 1 is 1.05 bits per heavy atom. The number of H-pyrrole nitrogens is 1. The van der Waals surface area contributed by atoms with Crippen molar-refractivity contribution in [1.29, 1.82) is 0 Å². The molecule has 1 aliphatic heterocycles. The second-order valence-electron chi connectivity index (χ2n) is 4.98. The molecule has 0 unspecified atom stereocenters. The monoisotopic (exact) mass is 274 g/mol. The van der Waals surface area contributed by atoms with Crippen LogP contribution < -0.4 is 4.90 Å². The maximum Gasteiger partial charge on any atom is 0.199 e. The van der Waals surface area contributed by atoms with E-state index in [9.17, 15) is 0 Å². The number of rotatable bonds is 2. The van der Waals surface area contributed by atoms with Gasteiger partial charge >= 0.3 is 0 Å². The van der Waals surface area contributed by atoms with Gasteiger partial charge in [0.1, 0.15) is 5.82 Å². The summed E-state index contributed by atoms with van der Waals surface area (Å²) in [5, 5.41) is 6.96. The molecule has 0 radical (unpaired) electrons. The third kappa shape index (κ3) is 2.42. The van der Waals surface area contributed by atoms with Crippen molar-refractivity contribution in [1.82, 2.24) is 14.8 Å². The van der Waals surface area contributed by atoms with Gasteiger partial charge in [-0.3, -0.25) is 9.67 Å². The minimum Gasteiger partial charge on any atom is -0.372 e. The zero-order valence-electron chi connectivity index (χ0n) is 11.1. The average Bonchev–Trinajstić information content (AvgIpc) is 2.79. The molecule has 4 nitrogen and oxygen atoms in total. The van der Waals surface area contributed by atoms with E-state index in [1.807, 2.05) is 11.5 Å². The maximum absolute atomic E-state index is 5.25. The second-order valence-corrected chi connectivity index (χ2v) is 5.36. The smallest absolute Gasteiger partial charge is 0.199 e. The Morgan fingerprint density at radius 2 is 1.68 bits per heavy atom. The Balaban J connectivity index is 1.88. The first-order valence-electron chi connectivity index (χ1n) is 6.75. The molecule has 19 heavy (non-hydrogen) atoms. The predicted molar refractivity (Wildman–Crippen MR) is 79.5 cm³/mol. The SMILES string of the molecule is Cc1n[nH]c(=S)n1-c1ccc(N2CCCCC2)cc1. The number of benzene rings is 1. The summed E-state index contributed by atoms with van der Waals surface area (Å²) < 4.78 is 2.60. The van der Waals surface area contributed by atoms with Gasteiger partial charge in [0.05, 0.1) is 0 Å². The van der Waals surface area contributed by atoms with Crippen molar-refractivity contribution in [2.75, 3.05) is 18.0 Å². The normalized spacial score (nSPS) is 15.7. The van der Waals surface area contributed by atoms with Gasteiger partial charge in [-0.25, -0.2) is 0 Å². The van der Waals surface area contributed by atoms with E-state index in [2.05, 4.69) is 39.4 Å². The van der Waals surface area contributed by atoms with Gasteiger partial charge < -0.3 is 4.90 Å². The fourth-order valence-electron chi connectivity index (χ4n) is 2.64. The van der Waals surface area contributed by atoms with Gasteiger partial charge in [-0.2, -0.15) is 5.10 Å². The Kier molecular flexibility index (Phi) is 3.38. The van der Waals surface area contributed by atoms with E-state index in [-0.39, 0.29) is 0 Å². The van der Waals surface area contributed by atoms with Crippen LogP contribution >= 0.6 is 12.2 Å². The van der Waals surface area contributed by atoms with Gasteiger partial charge in [0.15, 0.2) is 4.77 Å². The van der Waals surface area contributed by atoms with E-state index in [1.165, 1.54) is 38.0 Å². The molecule has 0 bridgehead atoms. The first kappa shape index (κ1) is 12.4. The predicted octanol–water partition coefficient (Wildman–Crippen LogP) is 3.23. The first-order chi connectivity index (χ1) is 9.25. The van der Waals surface area contributed by atoms with Crippen molar-refractivity contribution in [2.45, 2.75) is 26.2 Å². The molecule has 1 aromatic carbocycles. The molecule has 2 aromatic rings. The molecule has 1 N–H and O–H groups in total. The summed E-state index contributed by atoms with van der Waals surface area (Å²) in [6.45, 7) is 4.29. The van der Waals surface area contributed by atoms with Crippen molar-refractivity contribution < 1.29 is 0 Å². The van der Waals surface area contributed by atoms with Crippen molar-refractivity contribution in [3.8, 4) is 5.69 Å². The number of aromatic amines is 1. The highest BCUT2D eigenvalue weighted by Gasteiger charge is 2.11. The minimum atomic E-state index is 0.642. The topological polar surface area (TPSA) is 36.9 Å². The van der Waals surface area contributed by atoms with Crippen LogP contribution in [0.3, 0.4) is 0 Å². The molecule has 2 heterocycles. The lowest BCUT2D eigenvalue weighted by Gasteiger charge is -2.28. The Hall–Kier alpha value is -1.62. The Bertz CT molecular complexity index is 605. The van der Waals surface area contributed by atoms with Crippen LogP contribution in [0.5, 0.6) is 0 Å². The summed E-state index contributed by atoms with van der Waals surface area (Å²) in [4.78, 5) is 2.45. The Labute approximate surface area is 118 Å². The van der Waals surface area contributed by atoms with E-state index in [4.69, 9.17) is 12.2 Å². The number of aromatic nitrogens is 3. The fourth-order valence-corrected chi connectivity index (χ4v) is 2.93. The number of anilines is 1. The van der Waals surface area contributed by atoms with E-state index in [1.54, 1.807) is 0 Å². The molecular weight excluding hydrogens is 256 g/mol. The lowest BCUT2D eigenvalue weighted by Crippen LogP contribution is -2.29. The molecule has 0 spiro atoms. The molecule has 0 saturated carbocycles. The van der Waals surface area contributed by atoms with Crippen LogP contribution in [0.25, 0.3) is 5.69 Å². The van der Waals surface area contributed by atoms with Gasteiger partial charge in [-0.15, -0.1) is 0 Å². The van der Waals surface area contributed by atoms with Gasteiger partial charge in [0, 0.05) is 24.5 Å². The highest BCUT2D eigenvalue weighted by Crippen LogP contribution is 2.21. The average molecular weight is 274 g/mol. The largest absolute Gasteiger partial charge is 0.372 e. The van der Waals surface area contributed by atoms with Gasteiger partial charge in [-0.1, -0.05) is 0 Å². The van der Waals surface area contributed by atoms with Crippen LogP contribution in [0.1, 0.15) is 25.1 Å². The number of nitrogens with zero attached hydrogens (tertiary/aromatic N) is 3. The zero-order valence-corrected chi connectivity index (χ0v) is 11.9. The Morgan fingerprint density at radius 3 is 2.26 bits per heavy atom. The number of piperidine rings is 1. The number of hydrogen-bond acceptors (Lipinski definition) is 3. The van der Waals surface area contributed by atoms with Crippen LogP contribution in [0.4, 0.5) is 5.69 Å².